The molecule has 0 bridgehead atoms. The van der Waals surface area contributed by atoms with Crippen LogP contribution in [0, 0.1) is 0 Å². The smallest absolute Gasteiger partial charge is 0.255 e. The van der Waals surface area contributed by atoms with Crippen molar-refractivity contribution in [1.29, 1.82) is 0 Å². The van der Waals surface area contributed by atoms with E-state index in [1.807, 2.05) is 19.1 Å². The fourth-order valence-electron chi connectivity index (χ4n) is 1.76. The van der Waals surface area contributed by atoms with Crippen molar-refractivity contribution in [2.24, 2.45) is 0 Å². The van der Waals surface area contributed by atoms with Gasteiger partial charge in [-0.1, -0.05) is 11.6 Å². The lowest BCUT2D eigenvalue weighted by Crippen LogP contribution is -2.30. The Balaban J connectivity index is 2.11. The second kappa shape index (κ2) is 6.72. The zero-order valence-electron chi connectivity index (χ0n) is 11.3. The van der Waals surface area contributed by atoms with Crippen LogP contribution in [0.3, 0.4) is 0 Å². The molecule has 0 saturated carbocycles. The second-order valence-electron chi connectivity index (χ2n) is 4.11. The highest BCUT2D eigenvalue weighted by Gasteiger charge is 2.15. The number of hydrogen-bond acceptors (Lipinski definition) is 4. The molecule has 6 heteroatoms. The zero-order valence-corrected chi connectivity index (χ0v) is 12.9. The van der Waals surface area contributed by atoms with Crippen LogP contribution in [0.2, 0.25) is 4.34 Å². The summed E-state index contributed by atoms with van der Waals surface area (Å²) in [6.07, 6.45) is 1.53. The Bertz CT molecular complexity index is 583. The van der Waals surface area contributed by atoms with Crippen molar-refractivity contribution in [1.82, 2.24) is 9.88 Å². The fraction of sp³-hybridized carbons (Fsp3) is 0.286. The summed E-state index contributed by atoms with van der Waals surface area (Å²) < 4.78 is 5.72. The molecule has 2 heterocycles. The van der Waals surface area contributed by atoms with Crippen molar-refractivity contribution in [2.75, 3.05) is 13.7 Å². The van der Waals surface area contributed by atoms with Crippen LogP contribution in [0.15, 0.2) is 30.5 Å². The van der Waals surface area contributed by atoms with Gasteiger partial charge in [0.15, 0.2) is 0 Å². The number of amides is 1. The minimum Gasteiger partial charge on any atom is -0.481 e. The zero-order chi connectivity index (χ0) is 14.5. The van der Waals surface area contributed by atoms with Gasteiger partial charge in [0, 0.05) is 23.7 Å². The molecule has 2 aromatic rings. The lowest BCUT2D eigenvalue weighted by molar-refractivity contribution is 0.0753. The second-order valence-corrected chi connectivity index (χ2v) is 5.91. The molecule has 0 fully saturated rings. The molecule has 2 aromatic heterocycles. The Kier molecular flexibility index (Phi) is 4.98. The van der Waals surface area contributed by atoms with Gasteiger partial charge in [0.1, 0.15) is 0 Å². The van der Waals surface area contributed by atoms with E-state index >= 15 is 0 Å². The molecular formula is C14H15ClN2O2S. The summed E-state index contributed by atoms with van der Waals surface area (Å²) in [6, 6.07) is 7.19. The molecule has 0 aliphatic carbocycles. The highest BCUT2D eigenvalue weighted by atomic mass is 35.5. The first kappa shape index (κ1) is 14.8. The van der Waals surface area contributed by atoms with E-state index in [1.165, 1.54) is 17.5 Å². The number of ether oxygens (including phenoxy) is 1. The van der Waals surface area contributed by atoms with Crippen LogP contribution in [0.1, 0.15) is 22.2 Å². The van der Waals surface area contributed by atoms with Gasteiger partial charge in [-0.3, -0.25) is 4.79 Å². The first-order valence-electron chi connectivity index (χ1n) is 6.17. The molecule has 20 heavy (non-hydrogen) atoms. The van der Waals surface area contributed by atoms with Crippen LogP contribution >= 0.6 is 22.9 Å². The standard InChI is InChI=1S/C14H15ClN2O2S/c1-3-17(9-11-5-6-12(15)20-11)14(18)10-4-7-13(19-2)16-8-10/h4-8H,3,9H2,1-2H3. The van der Waals surface area contributed by atoms with Crippen molar-refractivity contribution in [3.05, 3.63) is 45.2 Å². The van der Waals surface area contributed by atoms with E-state index in [2.05, 4.69) is 4.98 Å². The van der Waals surface area contributed by atoms with Crippen LogP contribution in [0.4, 0.5) is 0 Å². The van der Waals surface area contributed by atoms with Crippen LogP contribution in [0.25, 0.3) is 0 Å². The van der Waals surface area contributed by atoms with Gasteiger partial charge >= 0.3 is 0 Å². The third kappa shape index (κ3) is 3.49. The fourth-order valence-corrected chi connectivity index (χ4v) is 2.87. The number of methoxy groups -OCH3 is 1. The number of rotatable bonds is 5. The monoisotopic (exact) mass is 310 g/mol. The lowest BCUT2D eigenvalue weighted by atomic mass is 10.2. The number of pyridine rings is 1. The van der Waals surface area contributed by atoms with Gasteiger partial charge in [-0.25, -0.2) is 4.98 Å². The topological polar surface area (TPSA) is 42.4 Å². The summed E-state index contributed by atoms with van der Waals surface area (Å²) in [7, 11) is 1.54. The molecule has 0 saturated heterocycles. The Labute approximate surface area is 127 Å². The Morgan fingerprint density at radius 1 is 1.40 bits per heavy atom. The van der Waals surface area contributed by atoms with E-state index in [9.17, 15) is 4.79 Å². The highest BCUT2D eigenvalue weighted by molar-refractivity contribution is 7.16. The third-order valence-electron chi connectivity index (χ3n) is 2.84. The quantitative estimate of drug-likeness (QED) is 0.849. The number of nitrogens with zero attached hydrogens (tertiary/aromatic N) is 2. The molecular weight excluding hydrogens is 296 g/mol. The highest BCUT2D eigenvalue weighted by Crippen LogP contribution is 2.23. The van der Waals surface area contributed by atoms with Gasteiger partial charge in [-0.05, 0) is 25.1 Å². The van der Waals surface area contributed by atoms with Crippen LogP contribution < -0.4 is 4.74 Å². The summed E-state index contributed by atoms with van der Waals surface area (Å²) in [4.78, 5) is 19.3. The molecule has 1 amide bonds. The van der Waals surface area contributed by atoms with Crippen molar-refractivity contribution < 1.29 is 9.53 Å². The molecule has 0 N–H and O–H groups in total. The van der Waals surface area contributed by atoms with Gasteiger partial charge in [0.25, 0.3) is 5.91 Å². The average molecular weight is 311 g/mol. The summed E-state index contributed by atoms with van der Waals surface area (Å²) in [6.45, 7) is 3.13. The number of carbonyl (C=O) groups is 1. The average Bonchev–Trinajstić information content (AvgIpc) is 2.89. The van der Waals surface area contributed by atoms with E-state index in [1.54, 1.807) is 24.1 Å². The summed E-state index contributed by atoms with van der Waals surface area (Å²) in [5.41, 5.74) is 0.551. The van der Waals surface area contributed by atoms with E-state index in [0.29, 0.717) is 24.5 Å². The van der Waals surface area contributed by atoms with Gasteiger partial charge in [-0.15, -0.1) is 11.3 Å². The van der Waals surface area contributed by atoms with Crippen molar-refractivity contribution in [2.45, 2.75) is 13.5 Å². The van der Waals surface area contributed by atoms with Crippen molar-refractivity contribution in [3.63, 3.8) is 0 Å². The van der Waals surface area contributed by atoms with Gasteiger partial charge in [0.2, 0.25) is 5.88 Å². The number of thiophene rings is 1. The number of hydrogen-bond donors (Lipinski definition) is 0. The van der Waals surface area contributed by atoms with Crippen LogP contribution in [-0.4, -0.2) is 29.4 Å². The Morgan fingerprint density at radius 3 is 2.70 bits per heavy atom. The normalized spacial score (nSPS) is 10.3. The molecule has 0 atom stereocenters. The lowest BCUT2D eigenvalue weighted by Gasteiger charge is -2.20. The predicted octanol–water partition coefficient (Wildman–Crippen LogP) is 3.47. The molecule has 0 radical (unpaired) electrons. The first-order chi connectivity index (χ1) is 9.63. The van der Waals surface area contributed by atoms with Crippen LogP contribution in [0.5, 0.6) is 5.88 Å². The van der Waals surface area contributed by atoms with Gasteiger partial charge in [-0.2, -0.15) is 0 Å². The van der Waals surface area contributed by atoms with Crippen LogP contribution in [-0.2, 0) is 6.54 Å². The maximum Gasteiger partial charge on any atom is 0.255 e. The Morgan fingerprint density at radius 2 is 2.20 bits per heavy atom. The molecule has 106 valence electrons. The first-order valence-corrected chi connectivity index (χ1v) is 7.37. The van der Waals surface area contributed by atoms with Crippen molar-refractivity contribution in [3.8, 4) is 5.88 Å². The number of carbonyl (C=O) groups excluding carboxylic acids is 1. The Hall–Kier alpha value is -1.59. The molecule has 0 aromatic carbocycles. The number of halogens is 1. The van der Waals surface area contributed by atoms with E-state index in [-0.39, 0.29) is 5.91 Å². The summed E-state index contributed by atoms with van der Waals surface area (Å²) >= 11 is 7.39. The maximum atomic E-state index is 12.4. The molecule has 0 unspecified atom stereocenters. The van der Waals surface area contributed by atoms with E-state index in [0.717, 1.165) is 9.21 Å². The third-order valence-corrected chi connectivity index (χ3v) is 4.05. The summed E-state index contributed by atoms with van der Waals surface area (Å²) in [5, 5.41) is 0. The number of aromatic nitrogens is 1. The minimum atomic E-state index is -0.0489. The van der Waals surface area contributed by atoms with E-state index < -0.39 is 0 Å². The van der Waals surface area contributed by atoms with Gasteiger partial charge < -0.3 is 9.64 Å². The predicted molar refractivity (Wildman–Crippen MR) is 80.5 cm³/mol. The SMILES string of the molecule is CCN(Cc1ccc(Cl)s1)C(=O)c1ccc(OC)nc1. The van der Waals surface area contributed by atoms with Crippen molar-refractivity contribution >= 4 is 28.8 Å². The summed E-state index contributed by atoms with van der Waals surface area (Å²) in [5.74, 6) is 0.446. The minimum absolute atomic E-state index is 0.0489. The largest absolute Gasteiger partial charge is 0.481 e. The molecule has 0 spiro atoms. The van der Waals surface area contributed by atoms with E-state index in [4.69, 9.17) is 16.3 Å². The molecule has 2 rings (SSSR count). The maximum absolute atomic E-state index is 12.4. The molecule has 0 aliphatic heterocycles. The van der Waals surface area contributed by atoms with Gasteiger partial charge in [0.05, 0.1) is 23.6 Å². The molecule has 4 nitrogen and oxygen atoms in total. The molecule has 0 aliphatic rings.